The van der Waals surface area contributed by atoms with Crippen molar-refractivity contribution < 1.29 is 22.8 Å². The molecule has 0 spiro atoms. The van der Waals surface area contributed by atoms with E-state index in [0.29, 0.717) is 28.8 Å². The molecule has 7 nitrogen and oxygen atoms in total. The van der Waals surface area contributed by atoms with Gasteiger partial charge in [0, 0.05) is 17.8 Å². The van der Waals surface area contributed by atoms with E-state index in [9.17, 15) is 22.8 Å². The average molecular weight is 586 g/mol. The summed E-state index contributed by atoms with van der Waals surface area (Å²) in [5.41, 5.74) is 10.4. The van der Waals surface area contributed by atoms with Crippen molar-refractivity contribution in [3.63, 3.8) is 0 Å². The zero-order valence-corrected chi connectivity index (χ0v) is 23.9. The molecular formula is C33H30F3N5O2. The number of halogens is 3. The van der Waals surface area contributed by atoms with E-state index >= 15 is 0 Å². The molecule has 2 amide bonds. The summed E-state index contributed by atoms with van der Waals surface area (Å²) in [4.78, 5) is 34.9. The van der Waals surface area contributed by atoms with Crippen LogP contribution in [-0.4, -0.2) is 26.3 Å². The topological polar surface area (TPSA) is 103 Å². The van der Waals surface area contributed by atoms with E-state index in [4.69, 9.17) is 5.73 Å². The summed E-state index contributed by atoms with van der Waals surface area (Å²) in [6.07, 6.45) is 3.58. The van der Waals surface area contributed by atoms with Crippen LogP contribution < -0.4 is 11.1 Å². The Kier molecular flexibility index (Phi) is 8.29. The Balaban J connectivity index is 1.58. The van der Waals surface area contributed by atoms with Crippen molar-refractivity contribution in [3.05, 3.63) is 119 Å². The summed E-state index contributed by atoms with van der Waals surface area (Å²) in [7, 11) is 0. The lowest BCUT2D eigenvalue weighted by molar-refractivity contribution is -0.125. The van der Waals surface area contributed by atoms with E-state index in [2.05, 4.69) is 15.3 Å². The number of fused-ring (bicyclic) bond motifs is 1. The van der Waals surface area contributed by atoms with Crippen LogP contribution in [0.5, 0.6) is 0 Å². The number of hydrogen-bond acceptors (Lipinski definition) is 4. The molecule has 2 heterocycles. The van der Waals surface area contributed by atoms with E-state index in [1.165, 1.54) is 30.5 Å². The zero-order chi connectivity index (χ0) is 30.8. The number of benzene rings is 3. The van der Waals surface area contributed by atoms with Crippen LogP contribution in [0, 0.1) is 31.3 Å². The largest absolute Gasteiger partial charge is 0.366 e. The van der Waals surface area contributed by atoms with Crippen LogP contribution in [0.2, 0.25) is 0 Å². The first-order valence-electron chi connectivity index (χ1n) is 13.8. The number of pyridine rings is 1. The highest BCUT2D eigenvalue weighted by molar-refractivity contribution is 5.94. The molecule has 10 heteroatoms. The molecule has 0 saturated carbocycles. The van der Waals surface area contributed by atoms with Crippen molar-refractivity contribution in [2.75, 3.05) is 0 Å². The number of carbonyl (C=O) groups is 2. The fourth-order valence-electron chi connectivity index (χ4n) is 5.31. The van der Waals surface area contributed by atoms with Crippen molar-refractivity contribution in [1.29, 1.82) is 0 Å². The molecule has 5 rings (SSSR count). The SMILES string of the molecule is CCC(C(=O)NC(Cc1cc(F)cc(F)c1)c1ncccc1-c1ccc(F)c(C(N)=O)c1)n1cnc2cc(C)c(C)cc21. The van der Waals surface area contributed by atoms with Crippen molar-refractivity contribution in [3.8, 4) is 11.1 Å². The molecule has 0 radical (unpaired) electrons. The molecule has 43 heavy (non-hydrogen) atoms. The first-order chi connectivity index (χ1) is 20.5. The molecule has 0 saturated heterocycles. The van der Waals surface area contributed by atoms with Crippen LogP contribution in [0.15, 0.2) is 73.2 Å². The van der Waals surface area contributed by atoms with E-state index in [-0.39, 0.29) is 17.9 Å². The molecule has 0 aliphatic rings. The van der Waals surface area contributed by atoms with Gasteiger partial charge in [0.1, 0.15) is 23.5 Å². The molecule has 0 aliphatic heterocycles. The number of nitrogens with one attached hydrogen (secondary N) is 1. The molecule has 0 aliphatic carbocycles. The van der Waals surface area contributed by atoms with Gasteiger partial charge in [-0.15, -0.1) is 0 Å². The number of nitrogens with two attached hydrogens (primary N) is 1. The first-order valence-corrected chi connectivity index (χ1v) is 13.8. The minimum absolute atomic E-state index is 0.00623. The average Bonchev–Trinajstić information content (AvgIpc) is 3.35. The second-order valence-electron chi connectivity index (χ2n) is 10.5. The summed E-state index contributed by atoms with van der Waals surface area (Å²) < 4.78 is 44.5. The quantitative estimate of drug-likeness (QED) is 0.212. The van der Waals surface area contributed by atoms with Crippen LogP contribution in [0.3, 0.4) is 0 Å². The summed E-state index contributed by atoms with van der Waals surface area (Å²) in [6.45, 7) is 5.86. The number of rotatable bonds is 9. The molecule has 3 N–H and O–H groups in total. The Morgan fingerprint density at radius 3 is 2.37 bits per heavy atom. The van der Waals surface area contributed by atoms with Crippen LogP contribution in [0.25, 0.3) is 22.2 Å². The lowest BCUT2D eigenvalue weighted by Gasteiger charge is -2.25. The van der Waals surface area contributed by atoms with E-state index in [1.807, 2.05) is 37.5 Å². The second kappa shape index (κ2) is 12.1. The first kappa shape index (κ1) is 29.5. The van der Waals surface area contributed by atoms with Crippen LogP contribution in [0.4, 0.5) is 13.2 Å². The monoisotopic (exact) mass is 585 g/mol. The number of amides is 2. The third kappa shape index (κ3) is 6.13. The lowest BCUT2D eigenvalue weighted by Crippen LogP contribution is -2.36. The van der Waals surface area contributed by atoms with Gasteiger partial charge in [0.2, 0.25) is 5.91 Å². The molecule has 5 aromatic rings. The highest BCUT2D eigenvalue weighted by Gasteiger charge is 2.27. The molecule has 2 unspecified atom stereocenters. The van der Waals surface area contributed by atoms with Gasteiger partial charge in [-0.05, 0) is 91.4 Å². The number of nitrogens with zero attached hydrogens (tertiary/aromatic N) is 3. The maximum absolute atomic E-state index is 14.3. The van der Waals surface area contributed by atoms with Gasteiger partial charge in [0.05, 0.1) is 34.7 Å². The van der Waals surface area contributed by atoms with Gasteiger partial charge in [-0.25, -0.2) is 18.2 Å². The highest BCUT2D eigenvalue weighted by Crippen LogP contribution is 2.31. The fraction of sp³-hybridized carbons (Fsp3) is 0.212. The number of primary amides is 1. The predicted molar refractivity (Wildman–Crippen MR) is 158 cm³/mol. The van der Waals surface area contributed by atoms with Gasteiger partial charge in [0.15, 0.2) is 0 Å². The Bertz CT molecular complexity index is 1830. The van der Waals surface area contributed by atoms with Gasteiger partial charge >= 0.3 is 0 Å². The molecule has 2 atom stereocenters. The summed E-state index contributed by atoms with van der Waals surface area (Å²) in [5, 5.41) is 3.05. The maximum Gasteiger partial charge on any atom is 0.251 e. The number of imidazole rings is 1. The van der Waals surface area contributed by atoms with Gasteiger partial charge in [0.25, 0.3) is 5.91 Å². The number of hydrogen-bond donors (Lipinski definition) is 2. The van der Waals surface area contributed by atoms with Gasteiger partial charge < -0.3 is 15.6 Å². The lowest BCUT2D eigenvalue weighted by atomic mass is 9.94. The standard InChI is InChI=1S/C33H30F3N5O2/c1-4-29(41-17-39-27-10-18(2)19(3)11-30(27)41)33(43)40-28(14-20-12-22(34)16-23(35)13-20)31-24(6-5-9-38-31)21-7-8-26(36)25(15-21)32(37)42/h5-13,15-17,28-29H,4,14H2,1-3H3,(H2,37,42)(H,40,43). The molecule has 3 aromatic carbocycles. The number of aryl methyl sites for hydroxylation is 2. The number of carbonyl (C=O) groups excluding carboxylic acids is 2. The minimum atomic E-state index is -0.936. The second-order valence-corrected chi connectivity index (χ2v) is 10.5. The molecule has 0 fully saturated rings. The van der Waals surface area contributed by atoms with Crippen LogP contribution >= 0.6 is 0 Å². The molecular weight excluding hydrogens is 555 g/mol. The third-order valence-corrected chi connectivity index (χ3v) is 7.61. The van der Waals surface area contributed by atoms with Crippen molar-refractivity contribution in [2.45, 2.75) is 45.7 Å². The maximum atomic E-state index is 14.3. The normalized spacial score (nSPS) is 12.7. The third-order valence-electron chi connectivity index (χ3n) is 7.61. The zero-order valence-electron chi connectivity index (χ0n) is 23.9. The summed E-state index contributed by atoms with van der Waals surface area (Å²) >= 11 is 0. The van der Waals surface area contributed by atoms with E-state index < -0.39 is 35.4 Å². The minimum Gasteiger partial charge on any atom is -0.366 e. The van der Waals surface area contributed by atoms with Gasteiger partial charge in [-0.3, -0.25) is 14.6 Å². The number of aromatic nitrogens is 3. The van der Waals surface area contributed by atoms with Crippen molar-refractivity contribution in [2.24, 2.45) is 5.73 Å². The highest BCUT2D eigenvalue weighted by atomic mass is 19.1. The Morgan fingerprint density at radius 2 is 1.67 bits per heavy atom. The van der Waals surface area contributed by atoms with Gasteiger partial charge in [-0.2, -0.15) is 0 Å². The van der Waals surface area contributed by atoms with Crippen molar-refractivity contribution in [1.82, 2.24) is 19.9 Å². The smallest absolute Gasteiger partial charge is 0.251 e. The molecule has 2 aromatic heterocycles. The Hall–Kier alpha value is -4.99. The van der Waals surface area contributed by atoms with Crippen molar-refractivity contribution >= 4 is 22.8 Å². The molecule has 0 bridgehead atoms. The van der Waals surface area contributed by atoms with Gasteiger partial charge in [-0.1, -0.05) is 19.1 Å². The molecule has 220 valence electrons. The Labute approximate surface area is 246 Å². The van der Waals surface area contributed by atoms with Crippen LogP contribution in [0.1, 0.15) is 58.2 Å². The summed E-state index contributed by atoms with van der Waals surface area (Å²) in [6, 6.07) is 12.9. The fourth-order valence-corrected chi connectivity index (χ4v) is 5.31. The summed E-state index contributed by atoms with van der Waals surface area (Å²) in [5.74, 6) is -3.57. The van der Waals surface area contributed by atoms with Crippen LogP contribution in [-0.2, 0) is 11.2 Å². The Morgan fingerprint density at radius 1 is 0.953 bits per heavy atom. The predicted octanol–water partition coefficient (Wildman–Crippen LogP) is 6.28. The van der Waals surface area contributed by atoms with E-state index in [1.54, 1.807) is 18.5 Å². The van der Waals surface area contributed by atoms with E-state index in [0.717, 1.165) is 34.3 Å².